The SMILES string of the molecule is COc1ccnc2c1-c1nc(Br)c(-c3ccccc3)n1CO2. The lowest BCUT2D eigenvalue weighted by molar-refractivity contribution is 0.220. The molecular formula is C16H12BrN3O2. The number of fused-ring (bicyclic) bond motifs is 3. The Morgan fingerprint density at radius 1 is 1.23 bits per heavy atom. The van der Waals surface area contributed by atoms with E-state index in [2.05, 4.69) is 25.9 Å². The number of hydrogen-bond acceptors (Lipinski definition) is 4. The summed E-state index contributed by atoms with van der Waals surface area (Å²) in [4.78, 5) is 8.92. The Bertz CT molecular complexity index is 832. The van der Waals surface area contributed by atoms with Crippen molar-refractivity contribution in [3.05, 3.63) is 47.2 Å². The molecule has 110 valence electrons. The van der Waals surface area contributed by atoms with Gasteiger partial charge in [0, 0.05) is 11.8 Å². The van der Waals surface area contributed by atoms with Crippen molar-refractivity contribution < 1.29 is 9.47 Å². The number of nitrogens with zero attached hydrogens (tertiary/aromatic N) is 3. The summed E-state index contributed by atoms with van der Waals surface area (Å²) >= 11 is 3.56. The maximum atomic E-state index is 5.78. The van der Waals surface area contributed by atoms with Gasteiger partial charge in [0.25, 0.3) is 0 Å². The molecular weight excluding hydrogens is 346 g/mol. The van der Waals surface area contributed by atoms with Gasteiger partial charge < -0.3 is 9.47 Å². The minimum atomic E-state index is 0.366. The molecule has 0 saturated heterocycles. The van der Waals surface area contributed by atoms with E-state index in [1.54, 1.807) is 13.3 Å². The molecule has 3 aromatic rings. The normalized spacial score (nSPS) is 12.3. The first-order valence-corrected chi connectivity index (χ1v) is 7.56. The summed E-state index contributed by atoms with van der Waals surface area (Å²) in [5.74, 6) is 2.03. The minimum absolute atomic E-state index is 0.366. The molecule has 3 heterocycles. The van der Waals surface area contributed by atoms with Crippen molar-refractivity contribution in [1.29, 1.82) is 0 Å². The highest BCUT2D eigenvalue weighted by Gasteiger charge is 2.28. The van der Waals surface area contributed by atoms with Gasteiger partial charge in [0.1, 0.15) is 15.9 Å². The quantitative estimate of drug-likeness (QED) is 0.700. The van der Waals surface area contributed by atoms with Gasteiger partial charge in [-0.15, -0.1) is 0 Å². The zero-order valence-electron chi connectivity index (χ0n) is 11.8. The highest BCUT2D eigenvalue weighted by Crippen LogP contribution is 2.43. The third-order valence-corrected chi connectivity index (χ3v) is 4.18. The number of methoxy groups -OCH3 is 1. The summed E-state index contributed by atoms with van der Waals surface area (Å²) in [6.45, 7) is 0.366. The van der Waals surface area contributed by atoms with Crippen LogP contribution in [0.5, 0.6) is 11.6 Å². The number of ether oxygens (including phenoxy) is 2. The number of benzene rings is 1. The van der Waals surface area contributed by atoms with Crippen molar-refractivity contribution in [2.75, 3.05) is 7.11 Å². The van der Waals surface area contributed by atoms with E-state index in [9.17, 15) is 0 Å². The first kappa shape index (κ1) is 13.3. The van der Waals surface area contributed by atoms with E-state index in [-0.39, 0.29) is 0 Å². The standard InChI is InChI=1S/C16H12BrN3O2/c1-21-11-7-8-18-16-12(11)15-19-14(17)13(20(15)9-22-16)10-5-3-2-4-6-10/h2-8H,9H2,1H3. The second-order valence-electron chi connectivity index (χ2n) is 4.84. The summed E-state index contributed by atoms with van der Waals surface area (Å²) in [6, 6.07) is 11.9. The van der Waals surface area contributed by atoms with Crippen molar-refractivity contribution in [3.63, 3.8) is 0 Å². The van der Waals surface area contributed by atoms with E-state index in [0.29, 0.717) is 18.4 Å². The van der Waals surface area contributed by atoms with Crippen LogP contribution in [0.15, 0.2) is 47.2 Å². The van der Waals surface area contributed by atoms with Crippen molar-refractivity contribution in [3.8, 4) is 34.3 Å². The van der Waals surface area contributed by atoms with Crippen LogP contribution in [0.2, 0.25) is 0 Å². The smallest absolute Gasteiger partial charge is 0.230 e. The Hall–Kier alpha value is -2.34. The van der Waals surface area contributed by atoms with Crippen LogP contribution < -0.4 is 9.47 Å². The van der Waals surface area contributed by atoms with Gasteiger partial charge in [-0.3, -0.25) is 4.57 Å². The first-order chi connectivity index (χ1) is 10.8. The summed E-state index contributed by atoms with van der Waals surface area (Å²) in [6.07, 6.45) is 1.67. The summed E-state index contributed by atoms with van der Waals surface area (Å²) in [5.41, 5.74) is 2.83. The van der Waals surface area contributed by atoms with E-state index < -0.39 is 0 Å². The molecule has 1 aliphatic heterocycles. The van der Waals surface area contributed by atoms with Gasteiger partial charge in [0.2, 0.25) is 5.88 Å². The Labute approximate surface area is 135 Å². The Balaban J connectivity index is 1.98. The van der Waals surface area contributed by atoms with Gasteiger partial charge in [-0.25, -0.2) is 9.97 Å². The van der Waals surface area contributed by atoms with Crippen LogP contribution >= 0.6 is 15.9 Å². The average molecular weight is 358 g/mol. The molecule has 0 radical (unpaired) electrons. The molecule has 0 fully saturated rings. The second kappa shape index (κ2) is 5.14. The molecule has 0 aliphatic carbocycles. The van der Waals surface area contributed by atoms with Gasteiger partial charge in [-0.2, -0.15) is 0 Å². The zero-order chi connectivity index (χ0) is 15.1. The highest BCUT2D eigenvalue weighted by molar-refractivity contribution is 9.10. The lowest BCUT2D eigenvalue weighted by Gasteiger charge is -2.21. The first-order valence-electron chi connectivity index (χ1n) is 6.77. The lowest BCUT2D eigenvalue weighted by atomic mass is 10.1. The van der Waals surface area contributed by atoms with Crippen molar-refractivity contribution in [1.82, 2.24) is 14.5 Å². The van der Waals surface area contributed by atoms with Crippen LogP contribution in [0.3, 0.4) is 0 Å². The lowest BCUT2D eigenvalue weighted by Crippen LogP contribution is -2.15. The van der Waals surface area contributed by atoms with Crippen LogP contribution in [0, 0.1) is 0 Å². The third kappa shape index (κ3) is 1.91. The number of hydrogen-bond donors (Lipinski definition) is 0. The van der Waals surface area contributed by atoms with Crippen molar-refractivity contribution in [2.24, 2.45) is 0 Å². The summed E-state index contributed by atoms with van der Waals surface area (Å²) < 4.78 is 14.0. The maximum Gasteiger partial charge on any atom is 0.230 e. The molecule has 1 aliphatic rings. The number of halogens is 1. The Kier molecular flexibility index (Phi) is 3.11. The van der Waals surface area contributed by atoms with Crippen LogP contribution in [-0.4, -0.2) is 21.6 Å². The molecule has 0 saturated carbocycles. The highest BCUT2D eigenvalue weighted by atomic mass is 79.9. The molecule has 0 unspecified atom stereocenters. The third-order valence-electron chi connectivity index (χ3n) is 3.62. The molecule has 6 heteroatoms. The van der Waals surface area contributed by atoms with Gasteiger partial charge >= 0.3 is 0 Å². The number of rotatable bonds is 2. The Morgan fingerprint density at radius 2 is 2.05 bits per heavy atom. The van der Waals surface area contributed by atoms with E-state index in [1.165, 1.54) is 0 Å². The van der Waals surface area contributed by atoms with Crippen LogP contribution in [-0.2, 0) is 6.73 Å². The Morgan fingerprint density at radius 3 is 2.82 bits per heavy atom. The number of aromatic nitrogens is 3. The van der Waals surface area contributed by atoms with E-state index in [1.807, 2.05) is 41.0 Å². The molecule has 0 amide bonds. The van der Waals surface area contributed by atoms with Gasteiger partial charge in [-0.05, 0) is 22.0 Å². The largest absolute Gasteiger partial charge is 0.496 e. The average Bonchev–Trinajstić information content (AvgIpc) is 2.91. The molecule has 5 nitrogen and oxygen atoms in total. The maximum absolute atomic E-state index is 5.78. The molecule has 22 heavy (non-hydrogen) atoms. The predicted octanol–water partition coefficient (Wildman–Crippen LogP) is 3.73. The topological polar surface area (TPSA) is 49.2 Å². The number of pyridine rings is 1. The zero-order valence-corrected chi connectivity index (χ0v) is 13.4. The molecule has 4 rings (SSSR count). The van der Waals surface area contributed by atoms with Crippen molar-refractivity contribution >= 4 is 15.9 Å². The fourth-order valence-electron chi connectivity index (χ4n) is 2.65. The number of imidazole rings is 1. The molecule has 0 spiro atoms. The summed E-state index contributed by atoms with van der Waals surface area (Å²) in [5, 5.41) is 0. The fraction of sp³-hybridized carbons (Fsp3) is 0.125. The van der Waals surface area contributed by atoms with E-state index >= 15 is 0 Å². The fourth-order valence-corrected chi connectivity index (χ4v) is 3.26. The minimum Gasteiger partial charge on any atom is -0.496 e. The predicted molar refractivity (Wildman–Crippen MR) is 85.8 cm³/mol. The molecule has 2 aromatic heterocycles. The molecule has 0 N–H and O–H groups in total. The van der Waals surface area contributed by atoms with Crippen LogP contribution in [0.4, 0.5) is 0 Å². The van der Waals surface area contributed by atoms with Gasteiger partial charge in [-0.1, -0.05) is 30.3 Å². The van der Waals surface area contributed by atoms with Gasteiger partial charge in [0.05, 0.1) is 12.8 Å². The summed E-state index contributed by atoms with van der Waals surface area (Å²) in [7, 11) is 1.63. The van der Waals surface area contributed by atoms with E-state index in [0.717, 1.165) is 27.2 Å². The van der Waals surface area contributed by atoms with E-state index in [4.69, 9.17) is 9.47 Å². The molecule has 0 bridgehead atoms. The molecule has 0 atom stereocenters. The molecule has 1 aromatic carbocycles. The van der Waals surface area contributed by atoms with Gasteiger partial charge in [0.15, 0.2) is 12.6 Å². The van der Waals surface area contributed by atoms with Crippen molar-refractivity contribution in [2.45, 2.75) is 6.73 Å². The van der Waals surface area contributed by atoms with Crippen LogP contribution in [0.25, 0.3) is 22.6 Å². The monoisotopic (exact) mass is 357 g/mol. The second-order valence-corrected chi connectivity index (χ2v) is 5.59. The van der Waals surface area contributed by atoms with Crippen LogP contribution in [0.1, 0.15) is 0 Å².